The van der Waals surface area contributed by atoms with E-state index in [1.54, 1.807) is 0 Å². The van der Waals surface area contributed by atoms with Crippen molar-refractivity contribution in [2.24, 2.45) is 0 Å². The standard InChI is InChI=1S/C15H20N6O2/c1-3-8-21-14(22)7-5-12(19-21)15(23)16-11-4-6-13-18-17-10(2)20(13)9-11/h5,7,11H,3-4,6,8-9H2,1-2H3,(H,16,23)/t11-/m0/s1. The summed E-state index contributed by atoms with van der Waals surface area (Å²) in [5, 5.41) is 15.3. The molecule has 23 heavy (non-hydrogen) atoms. The lowest BCUT2D eigenvalue weighted by atomic mass is 10.1. The molecule has 0 aromatic carbocycles. The smallest absolute Gasteiger partial charge is 0.272 e. The fourth-order valence-electron chi connectivity index (χ4n) is 2.78. The molecule has 0 bridgehead atoms. The molecular formula is C15H20N6O2. The SMILES string of the molecule is CCCn1nc(C(=O)N[C@H]2CCc3nnc(C)n3C2)ccc1=O. The molecule has 0 fully saturated rings. The summed E-state index contributed by atoms with van der Waals surface area (Å²) in [5.74, 6) is 1.56. The Balaban J connectivity index is 1.71. The van der Waals surface area contributed by atoms with E-state index in [1.165, 1.54) is 16.8 Å². The van der Waals surface area contributed by atoms with Crippen LogP contribution in [0.2, 0.25) is 0 Å². The van der Waals surface area contributed by atoms with E-state index in [1.807, 2.05) is 18.4 Å². The minimum atomic E-state index is -0.256. The molecule has 3 heterocycles. The number of carbonyl (C=O) groups is 1. The maximum Gasteiger partial charge on any atom is 0.272 e. The number of carbonyl (C=O) groups excluding carboxylic acids is 1. The van der Waals surface area contributed by atoms with Gasteiger partial charge in [-0.3, -0.25) is 9.59 Å². The normalized spacial score (nSPS) is 16.9. The molecule has 1 amide bonds. The van der Waals surface area contributed by atoms with Gasteiger partial charge in [-0.15, -0.1) is 10.2 Å². The van der Waals surface area contributed by atoms with Crippen molar-refractivity contribution in [2.75, 3.05) is 0 Å². The van der Waals surface area contributed by atoms with Crippen molar-refractivity contribution in [1.29, 1.82) is 0 Å². The molecule has 0 spiro atoms. The van der Waals surface area contributed by atoms with E-state index in [0.717, 1.165) is 30.9 Å². The summed E-state index contributed by atoms with van der Waals surface area (Å²) in [5.41, 5.74) is 0.0788. The molecule has 0 saturated carbocycles. The van der Waals surface area contributed by atoms with Gasteiger partial charge in [-0.05, 0) is 25.8 Å². The lowest BCUT2D eigenvalue weighted by Gasteiger charge is -2.24. The largest absolute Gasteiger partial charge is 0.346 e. The number of nitrogens with one attached hydrogen (secondary N) is 1. The minimum Gasteiger partial charge on any atom is -0.346 e. The van der Waals surface area contributed by atoms with E-state index >= 15 is 0 Å². The highest BCUT2D eigenvalue weighted by molar-refractivity contribution is 5.92. The Hall–Kier alpha value is -2.51. The zero-order valence-corrected chi connectivity index (χ0v) is 13.3. The maximum atomic E-state index is 12.4. The van der Waals surface area contributed by atoms with Crippen molar-refractivity contribution in [3.8, 4) is 0 Å². The number of hydrogen-bond donors (Lipinski definition) is 1. The summed E-state index contributed by atoms with van der Waals surface area (Å²) >= 11 is 0. The molecular weight excluding hydrogens is 296 g/mol. The van der Waals surface area contributed by atoms with Gasteiger partial charge in [0.25, 0.3) is 11.5 Å². The third kappa shape index (κ3) is 3.15. The molecule has 0 saturated heterocycles. The fraction of sp³-hybridized carbons (Fsp3) is 0.533. The van der Waals surface area contributed by atoms with Gasteiger partial charge in [0.1, 0.15) is 17.3 Å². The van der Waals surface area contributed by atoms with Crippen molar-refractivity contribution in [1.82, 2.24) is 29.9 Å². The monoisotopic (exact) mass is 316 g/mol. The Labute approximate surface area is 133 Å². The average Bonchev–Trinajstić information content (AvgIpc) is 2.91. The van der Waals surface area contributed by atoms with Crippen LogP contribution in [0.1, 0.15) is 41.9 Å². The molecule has 8 heteroatoms. The van der Waals surface area contributed by atoms with Gasteiger partial charge in [0.05, 0.1) is 0 Å². The highest BCUT2D eigenvalue weighted by Crippen LogP contribution is 2.14. The van der Waals surface area contributed by atoms with Crippen molar-refractivity contribution in [3.63, 3.8) is 0 Å². The van der Waals surface area contributed by atoms with Gasteiger partial charge in [0.2, 0.25) is 0 Å². The molecule has 0 aliphatic carbocycles. The lowest BCUT2D eigenvalue weighted by molar-refractivity contribution is 0.0919. The van der Waals surface area contributed by atoms with Gasteiger partial charge in [0, 0.05) is 31.6 Å². The highest BCUT2D eigenvalue weighted by atomic mass is 16.2. The van der Waals surface area contributed by atoms with Crippen LogP contribution in [0.3, 0.4) is 0 Å². The van der Waals surface area contributed by atoms with E-state index in [2.05, 4.69) is 20.6 Å². The van der Waals surface area contributed by atoms with Crippen LogP contribution >= 0.6 is 0 Å². The Morgan fingerprint density at radius 2 is 2.22 bits per heavy atom. The van der Waals surface area contributed by atoms with Crippen molar-refractivity contribution in [2.45, 2.75) is 52.2 Å². The molecule has 2 aromatic heterocycles. The zero-order chi connectivity index (χ0) is 16.4. The molecule has 1 aliphatic heterocycles. The van der Waals surface area contributed by atoms with Gasteiger partial charge in [-0.1, -0.05) is 6.92 Å². The summed E-state index contributed by atoms with van der Waals surface area (Å²) in [6, 6.07) is 2.88. The number of hydrogen-bond acceptors (Lipinski definition) is 5. The van der Waals surface area contributed by atoms with Gasteiger partial charge >= 0.3 is 0 Å². The third-order valence-corrected chi connectivity index (χ3v) is 4.00. The number of amides is 1. The van der Waals surface area contributed by atoms with Crippen LogP contribution in [-0.2, 0) is 19.5 Å². The summed E-state index contributed by atoms with van der Waals surface area (Å²) in [4.78, 5) is 24.1. The van der Waals surface area contributed by atoms with Crippen LogP contribution < -0.4 is 10.9 Å². The molecule has 1 aliphatic rings. The molecule has 3 rings (SSSR count). The van der Waals surface area contributed by atoms with Crippen molar-refractivity contribution < 1.29 is 4.79 Å². The number of nitrogens with zero attached hydrogens (tertiary/aromatic N) is 5. The average molecular weight is 316 g/mol. The number of aromatic nitrogens is 5. The third-order valence-electron chi connectivity index (χ3n) is 4.00. The fourth-order valence-corrected chi connectivity index (χ4v) is 2.78. The van der Waals surface area contributed by atoms with E-state index in [-0.39, 0.29) is 23.2 Å². The lowest BCUT2D eigenvalue weighted by Crippen LogP contribution is -2.42. The first-order valence-electron chi connectivity index (χ1n) is 7.86. The quantitative estimate of drug-likeness (QED) is 0.875. The number of rotatable bonds is 4. The molecule has 2 aromatic rings. The molecule has 1 N–H and O–H groups in total. The Morgan fingerprint density at radius 3 is 3.00 bits per heavy atom. The second kappa shape index (κ2) is 6.31. The molecule has 0 unspecified atom stereocenters. The van der Waals surface area contributed by atoms with Gasteiger partial charge in [0.15, 0.2) is 0 Å². The molecule has 8 nitrogen and oxygen atoms in total. The summed E-state index contributed by atoms with van der Waals surface area (Å²) in [7, 11) is 0. The van der Waals surface area contributed by atoms with Crippen LogP contribution in [0.4, 0.5) is 0 Å². The molecule has 0 radical (unpaired) electrons. The van der Waals surface area contributed by atoms with E-state index in [0.29, 0.717) is 13.1 Å². The van der Waals surface area contributed by atoms with Gasteiger partial charge < -0.3 is 9.88 Å². The summed E-state index contributed by atoms with van der Waals surface area (Å²) in [6.07, 6.45) is 2.39. The van der Waals surface area contributed by atoms with Crippen molar-refractivity contribution >= 4 is 5.91 Å². The van der Waals surface area contributed by atoms with Gasteiger partial charge in [-0.25, -0.2) is 4.68 Å². The number of fused-ring (bicyclic) bond motifs is 1. The first-order valence-corrected chi connectivity index (χ1v) is 7.86. The highest BCUT2D eigenvalue weighted by Gasteiger charge is 2.23. The van der Waals surface area contributed by atoms with E-state index in [9.17, 15) is 9.59 Å². The maximum absolute atomic E-state index is 12.4. The predicted octanol–water partition coefficient (Wildman–Crippen LogP) is 0.298. The first-order chi connectivity index (χ1) is 11.1. The van der Waals surface area contributed by atoms with E-state index in [4.69, 9.17) is 0 Å². The topological polar surface area (TPSA) is 94.7 Å². The van der Waals surface area contributed by atoms with Crippen LogP contribution in [-0.4, -0.2) is 36.5 Å². The van der Waals surface area contributed by atoms with Gasteiger partial charge in [-0.2, -0.15) is 5.10 Å². The minimum absolute atomic E-state index is 0.0121. The first kappa shape index (κ1) is 15.4. The zero-order valence-electron chi connectivity index (χ0n) is 13.3. The number of aryl methyl sites for hydroxylation is 3. The Bertz CT molecular complexity index is 779. The van der Waals surface area contributed by atoms with Crippen LogP contribution in [0, 0.1) is 6.92 Å². The van der Waals surface area contributed by atoms with Crippen molar-refractivity contribution in [3.05, 3.63) is 39.8 Å². The van der Waals surface area contributed by atoms with Crippen LogP contribution in [0.15, 0.2) is 16.9 Å². The van der Waals surface area contributed by atoms with Crippen LogP contribution in [0.5, 0.6) is 0 Å². The second-order valence-electron chi connectivity index (χ2n) is 5.76. The Morgan fingerprint density at radius 1 is 1.39 bits per heavy atom. The predicted molar refractivity (Wildman–Crippen MR) is 83.1 cm³/mol. The summed E-state index contributed by atoms with van der Waals surface area (Å²) < 4.78 is 3.36. The van der Waals surface area contributed by atoms with E-state index < -0.39 is 0 Å². The molecule has 1 atom stereocenters. The van der Waals surface area contributed by atoms with Crippen LogP contribution in [0.25, 0.3) is 0 Å². The Kier molecular flexibility index (Phi) is 4.22. The summed E-state index contributed by atoms with van der Waals surface area (Å²) in [6.45, 7) is 5.03. The second-order valence-corrected chi connectivity index (χ2v) is 5.76. The molecule has 122 valence electrons.